The van der Waals surface area contributed by atoms with E-state index in [0.717, 1.165) is 23.3 Å². The molecule has 20 heavy (non-hydrogen) atoms. The summed E-state index contributed by atoms with van der Waals surface area (Å²) in [6, 6.07) is 7.02. The molecule has 0 fully saturated rings. The maximum atomic E-state index is 12.3. The van der Waals surface area contributed by atoms with Crippen molar-refractivity contribution in [1.82, 2.24) is 0 Å². The molecule has 0 bridgehead atoms. The Morgan fingerprint density at radius 1 is 1.15 bits per heavy atom. The second-order valence-corrected chi connectivity index (χ2v) is 7.69. The highest BCUT2D eigenvalue weighted by molar-refractivity contribution is 8.03. The van der Waals surface area contributed by atoms with Crippen molar-refractivity contribution < 1.29 is 8.42 Å². The van der Waals surface area contributed by atoms with Crippen LogP contribution in [0.5, 0.6) is 0 Å². The van der Waals surface area contributed by atoms with Crippen molar-refractivity contribution in [3.8, 4) is 0 Å². The highest BCUT2D eigenvalue weighted by atomic mass is 32.2. The maximum absolute atomic E-state index is 12.3. The zero-order valence-corrected chi connectivity index (χ0v) is 14.2. The summed E-state index contributed by atoms with van der Waals surface area (Å²) in [6.45, 7) is 4.13. The Balaban J connectivity index is 2.79. The largest absolute Gasteiger partial charge is 0.219 e. The fourth-order valence-corrected chi connectivity index (χ4v) is 4.13. The minimum atomic E-state index is -3.31. The Morgan fingerprint density at radius 3 is 2.35 bits per heavy atom. The first kappa shape index (κ1) is 17.3. The summed E-state index contributed by atoms with van der Waals surface area (Å²) < 4.78 is 24.6. The van der Waals surface area contributed by atoms with E-state index in [0.29, 0.717) is 4.90 Å². The van der Waals surface area contributed by atoms with Crippen molar-refractivity contribution in [3.05, 3.63) is 40.1 Å². The van der Waals surface area contributed by atoms with Crippen LogP contribution in [-0.4, -0.2) is 14.7 Å². The molecule has 0 atom stereocenters. The Bertz CT molecular complexity index is 528. The number of rotatable bonds is 8. The lowest BCUT2D eigenvalue weighted by Crippen LogP contribution is -1.98. The van der Waals surface area contributed by atoms with E-state index >= 15 is 0 Å². The predicted molar refractivity (Wildman–Crippen MR) is 88.7 cm³/mol. The molecule has 0 saturated carbocycles. The Kier molecular flexibility index (Phi) is 7.38. The molecule has 1 aromatic rings. The van der Waals surface area contributed by atoms with Gasteiger partial charge in [0.15, 0.2) is 0 Å². The molecule has 0 saturated heterocycles. The van der Waals surface area contributed by atoms with Gasteiger partial charge in [0, 0.05) is 5.41 Å². The molecule has 0 amide bonds. The molecule has 0 aromatic heterocycles. The lowest BCUT2D eigenvalue weighted by atomic mass is 10.1. The summed E-state index contributed by atoms with van der Waals surface area (Å²) in [6.07, 6.45) is 7.43. The molecule has 0 spiro atoms. The highest BCUT2D eigenvalue weighted by Crippen LogP contribution is 2.24. The monoisotopic (exact) mass is 312 g/mol. The molecule has 0 N–H and O–H groups in total. The van der Waals surface area contributed by atoms with Crippen LogP contribution >= 0.6 is 11.8 Å². The van der Waals surface area contributed by atoms with E-state index in [4.69, 9.17) is 0 Å². The molecule has 0 aliphatic carbocycles. The maximum Gasteiger partial charge on any atom is 0.200 e. The van der Waals surface area contributed by atoms with Gasteiger partial charge in [-0.1, -0.05) is 43.9 Å². The van der Waals surface area contributed by atoms with Crippen molar-refractivity contribution in [2.24, 2.45) is 0 Å². The van der Waals surface area contributed by atoms with Crippen LogP contribution in [0.25, 0.3) is 0 Å². The fourth-order valence-electron chi connectivity index (χ4n) is 1.90. The minimum Gasteiger partial charge on any atom is -0.219 e. The van der Waals surface area contributed by atoms with Crippen molar-refractivity contribution in [2.45, 2.75) is 50.8 Å². The van der Waals surface area contributed by atoms with Gasteiger partial charge in [0.25, 0.3) is 0 Å². The number of hydrogen-bond acceptors (Lipinski definition) is 3. The normalized spacial score (nSPS) is 12.7. The van der Waals surface area contributed by atoms with Gasteiger partial charge >= 0.3 is 0 Å². The second-order valence-electron chi connectivity index (χ2n) is 4.96. The van der Waals surface area contributed by atoms with Crippen molar-refractivity contribution in [1.29, 1.82) is 0 Å². The number of sulfone groups is 1. The average Bonchev–Trinajstić information content (AvgIpc) is 2.42. The number of thioether (sulfide) groups is 1. The molecule has 2 nitrogen and oxygen atoms in total. The molecule has 0 unspecified atom stereocenters. The zero-order chi connectivity index (χ0) is 15.0. The predicted octanol–water partition coefficient (Wildman–Crippen LogP) is 4.94. The Morgan fingerprint density at radius 2 is 1.80 bits per heavy atom. The summed E-state index contributed by atoms with van der Waals surface area (Å²) >= 11 is 1.53. The van der Waals surface area contributed by atoms with E-state index in [1.54, 1.807) is 12.1 Å². The van der Waals surface area contributed by atoms with Gasteiger partial charge in [-0.2, -0.15) is 0 Å². The topological polar surface area (TPSA) is 34.1 Å². The number of hydrogen-bond donors (Lipinski definition) is 0. The van der Waals surface area contributed by atoms with Crippen LogP contribution in [0, 0.1) is 6.92 Å². The SMILES string of the molecule is CCCCCC/C(=C\S(=O)(=O)c1ccc(C)cc1)SC. The summed E-state index contributed by atoms with van der Waals surface area (Å²) in [7, 11) is -3.31. The van der Waals surface area contributed by atoms with E-state index in [1.807, 2.05) is 25.3 Å². The molecular formula is C16H24O2S2. The molecule has 112 valence electrons. The average molecular weight is 312 g/mol. The van der Waals surface area contributed by atoms with E-state index in [1.165, 1.54) is 36.4 Å². The third-order valence-electron chi connectivity index (χ3n) is 3.18. The van der Waals surface area contributed by atoms with Gasteiger partial charge in [-0.15, -0.1) is 11.8 Å². The quantitative estimate of drug-likeness (QED) is 0.637. The highest BCUT2D eigenvalue weighted by Gasteiger charge is 2.12. The minimum absolute atomic E-state index is 0.378. The van der Waals surface area contributed by atoms with Gasteiger partial charge in [-0.25, -0.2) is 8.42 Å². The first-order valence-corrected chi connectivity index (χ1v) is 9.83. The van der Waals surface area contributed by atoms with Gasteiger partial charge < -0.3 is 0 Å². The molecule has 0 aliphatic rings. The molecule has 0 heterocycles. The van der Waals surface area contributed by atoms with Gasteiger partial charge in [0.05, 0.1) is 4.90 Å². The van der Waals surface area contributed by atoms with Gasteiger partial charge in [0.2, 0.25) is 9.84 Å². The lowest BCUT2D eigenvalue weighted by molar-refractivity contribution is 0.604. The van der Waals surface area contributed by atoms with Crippen molar-refractivity contribution in [2.75, 3.05) is 6.26 Å². The number of aryl methyl sites for hydroxylation is 1. The van der Waals surface area contributed by atoms with Gasteiger partial charge in [-0.3, -0.25) is 0 Å². The van der Waals surface area contributed by atoms with E-state index in [-0.39, 0.29) is 0 Å². The Hall–Kier alpha value is -0.740. The second kappa shape index (κ2) is 8.53. The van der Waals surface area contributed by atoms with Gasteiger partial charge in [0.1, 0.15) is 0 Å². The standard InChI is InChI=1S/C16H24O2S2/c1-4-5-6-7-8-15(19-3)13-20(17,18)16-11-9-14(2)10-12-16/h9-13H,4-8H2,1-3H3/b15-13+. The zero-order valence-electron chi connectivity index (χ0n) is 12.6. The summed E-state index contributed by atoms with van der Waals surface area (Å²) in [5.41, 5.74) is 1.07. The summed E-state index contributed by atoms with van der Waals surface area (Å²) in [5, 5.41) is 1.44. The summed E-state index contributed by atoms with van der Waals surface area (Å²) in [5.74, 6) is 0. The molecule has 1 rings (SSSR count). The Labute approximate surface area is 127 Å². The van der Waals surface area contributed by atoms with Crippen LogP contribution in [-0.2, 0) is 9.84 Å². The molecule has 0 radical (unpaired) electrons. The van der Waals surface area contributed by atoms with Crippen LogP contribution in [0.15, 0.2) is 39.5 Å². The van der Waals surface area contributed by atoms with Crippen molar-refractivity contribution >= 4 is 21.6 Å². The molecular weight excluding hydrogens is 288 g/mol. The smallest absolute Gasteiger partial charge is 0.200 e. The van der Waals surface area contributed by atoms with Crippen LogP contribution in [0.1, 0.15) is 44.6 Å². The first-order chi connectivity index (χ1) is 9.49. The summed E-state index contributed by atoms with van der Waals surface area (Å²) in [4.78, 5) is 1.32. The number of allylic oxidation sites excluding steroid dienone is 1. The van der Waals surface area contributed by atoms with Crippen LogP contribution < -0.4 is 0 Å². The number of benzene rings is 1. The van der Waals surface area contributed by atoms with Crippen LogP contribution in [0.3, 0.4) is 0 Å². The fraction of sp³-hybridized carbons (Fsp3) is 0.500. The third-order valence-corrected chi connectivity index (χ3v) is 5.69. The van der Waals surface area contributed by atoms with Crippen LogP contribution in [0.4, 0.5) is 0 Å². The first-order valence-electron chi connectivity index (χ1n) is 7.06. The van der Waals surface area contributed by atoms with Gasteiger partial charge in [-0.05, 0) is 43.1 Å². The van der Waals surface area contributed by atoms with E-state index in [9.17, 15) is 8.42 Å². The molecule has 4 heteroatoms. The lowest BCUT2D eigenvalue weighted by Gasteiger charge is -2.05. The van der Waals surface area contributed by atoms with E-state index < -0.39 is 9.84 Å². The number of unbranched alkanes of at least 4 members (excludes halogenated alkanes) is 3. The molecule has 1 aromatic carbocycles. The van der Waals surface area contributed by atoms with Crippen LogP contribution in [0.2, 0.25) is 0 Å². The van der Waals surface area contributed by atoms with E-state index in [2.05, 4.69) is 6.92 Å². The molecule has 0 aliphatic heterocycles. The third kappa shape index (κ3) is 5.71. The van der Waals surface area contributed by atoms with Crippen molar-refractivity contribution in [3.63, 3.8) is 0 Å².